The van der Waals surface area contributed by atoms with Gasteiger partial charge in [0.1, 0.15) is 78.1 Å². The molecule has 2 saturated heterocycles. The maximum Gasteiger partial charge on any atom is 0.343 e. The van der Waals surface area contributed by atoms with Crippen molar-refractivity contribution in [2.24, 2.45) is 17.8 Å². The van der Waals surface area contributed by atoms with Gasteiger partial charge in [0, 0.05) is 35.4 Å². The summed E-state index contributed by atoms with van der Waals surface area (Å²) in [6, 6.07) is 20.5. The lowest BCUT2D eigenvalue weighted by Gasteiger charge is -2.63. The van der Waals surface area contributed by atoms with E-state index >= 15 is 9.59 Å². The van der Waals surface area contributed by atoms with E-state index in [0.717, 1.165) is 22.3 Å². The van der Waals surface area contributed by atoms with Crippen LogP contribution in [-0.4, -0.2) is 134 Å². The third kappa shape index (κ3) is 12.8. The fourth-order valence-corrected chi connectivity index (χ4v) is 13.7. The number of allylic oxidation sites excluding steroid dienone is 4. The van der Waals surface area contributed by atoms with Crippen LogP contribution < -0.4 is 29.6 Å². The van der Waals surface area contributed by atoms with Crippen LogP contribution in [0.4, 0.5) is 0 Å². The first kappa shape index (κ1) is 66.1. The molecule has 0 radical (unpaired) electrons. The molecule has 20 heteroatoms. The first-order valence-electron chi connectivity index (χ1n) is 31.0. The van der Waals surface area contributed by atoms with E-state index in [1.807, 2.05) is 121 Å². The molecule has 6 N–H and O–H groups in total. The minimum Gasteiger partial charge on any atom is -0.482 e. The van der Waals surface area contributed by atoms with E-state index < -0.39 is 131 Å². The summed E-state index contributed by atoms with van der Waals surface area (Å²) in [4.78, 5) is 89.5. The summed E-state index contributed by atoms with van der Waals surface area (Å²) < 4.78 is 51.5. The van der Waals surface area contributed by atoms with Crippen LogP contribution in [-0.2, 0) is 57.8 Å². The van der Waals surface area contributed by atoms with Gasteiger partial charge in [-0.2, -0.15) is 0 Å². The number of rotatable bonds is 22. The number of nitrogens with one attached hydrogen (secondary N) is 2. The highest BCUT2D eigenvalue weighted by Gasteiger charge is 2.85. The van der Waals surface area contributed by atoms with Crippen molar-refractivity contribution in [2.45, 2.75) is 186 Å². The summed E-state index contributed by atoms with van der Waals surface area (Å²) in [5.74, 6) is -6.82. The van der Waals surface area contributed by atoms with Crippen LogP contribution in [0.2, 0.25) is 0 Å². The van der Waals surface area contributed by atoms with Gasteiger partial charge < -0.3 is 69.0 Å². The van der Waals surface area contributed by atoms with Gasteiger partial charge in [0.15, 0.2) is 28.5 Å². The Hall–Kier alpha value is -7.82. The third-order valence-corrected chi connectivity index (χ3v) is 18.4. The lowest BCUT2D eigenvalue weighted by atomic mass is 9.45. The fraction of sp³-hybridized carbons (Fsp3) is 0.465. The number of ether oxygens (including phenoxy) is 8. The summed E-state index contributed by atoms with van der Waals surface area (Å²) in [5.41, 5.74) is -1.82. The van der Waals surface area contributed by atoms with E-state index in [0.29, 0.717) is 18.4 Å². The highest BCUT2D eigenvalue weighted by Crippen LogP contribution is 2.70. The summed E-state index contributed by atoms with van der Waals surface area (Å²) >= 11 is 0. The normalized spacial score (nSPS) is 28.8. The minimum absolute atomic E-state index is 0.00625. The number of aliphatic hydroxyl groups is 4. The standard InChI is InChI=1S/C71H82N2O18/c1-38(2)18-17-31-69(10)32-30-48-59(89-69)47(28-23-39(3)4)61-52(60(48)88-66(83)45-24-26-46(27-25-45)86-67-58(78)57(77)55(75)50(35-74)87-67)56(76)53-54(72-41(6)64(81)84-36-43-19-13-11-14-20-43)49-34-51-68(8,9)91-70(62(49)79,71(51,53)90-61)33-29-40(5)63(80)73-42(7)65(82)85-37-44-21-15-12-16-22-44/h11-16,18-27,29-30,32,41-42,49-51,53-55,57-58,67,72,74-75,77-78H,17,28,31,33-37H2,1-10H3,(H,73,80)/b40-29-/t41?,42?,49?,50-,51?,53?,54?,55-,57+,58-,67-,69?,70?,71?/m1/s1. The fourth-order valence-electron chi connectivity index (χ4n) is 13.7. The smallest absolute Gasteiger partial charge is 0.343 e. The summed E-state index contributed by atoms with van der Waals surface area (Å²) in [7, 11) is 0. The first-order chi connectivity index (χ1) is 43.2. The Morgan fingerprint density at radius 1 is 0.758 bits per heavy atom. The molecule has 14 atom stereocenters. The number of fused-ring (bicyclic) bond motifs is 2. The van der Waals surface area contributed by atoms with Crippen molar-refractivity contribution in [3.8, 4) is 23.0 Å². The third-order valence-electron chi connectivity index (χ3n) is 18.4. The van der Waals surface area contributed by atoms with Crippen LogP contribution in [0.25, 0.3) is 6.08 Å². The Kier molecular flexibility index (Phi) is 19.2. The van der Waals surface area contributed by atoms with Crippen LogP contribution in [0, 0.1) is 17.8 Å². The molecular formula is C71H82N2O18. The van der Waals surface area contributed by atoms with Crippen molar-refractivity contribution < 1.29 is 87.1 Å². The lowest BCUT2D eigenvalue weighted by Crippen LogP contribution is -2.82. The van der Waals surface area contributed by atoms with Crippen molar-refractivity contribution in [3.05, 3.63) is 159 Å². The molecule has 9 unspecified atom stereocenters. The van der Waals surface area contributed by atoms with Gasteiger partial charge in [0.05, 0.1) is 29.3 Å². The Morgan fingerprint density at radius 3 is 2.00 bits per heavy atom. The van der Waals surface area contributed by atoms with Crippen LogP contribution >= 0.6 is 0 Å². The number of hydrogen-bond donors (Lipinski definition) is 6. The van der Waals surface area contributed by atoms with Crippen molar-refractivity contribution in [3.63, 3.8) is 0 Å². The SMILES string of the molecule is CC(C)=CCCC1(C)C=Cc2c(c(CC=C(C)C)c3c(c2OC(=O)c2ccc(O[C@@H]4O[C@H](CO)[C@@H](O)[C@H](O)[C@H]4O)cc2)C(=O)C2C(NC(C)C(=O)OCc4ccccc4)C4CC5C(C)(C)OC(C/C=C(/C)C(=O)NC(C)C(=O)OCc6ccccc6)(C4=O)C25O3)O1. The number of esters is 3. The zero-order valence-corrected chi connectivity index (χ0v) is 53.0. The van der Waals surface area contributed by atoms with Crippen LogP contribution in [0.1, 0.15) is 138 Å². The lowest BCUT2D eigenvalue weighted by molar-refractivity contribution is -0.277. The second-order valence-electron chi connectivity index (χ2n) is 26.0. The number of carbonyl (C=O) groups is 6. The quantitative estimate of drug-likeness (QED) is 0.0189. The van der Waals surface area contributed by atoms with Crippen molar-refractivity contribution in [1.82, 2.24) is 10.6 Å². The van der Waals surface area contributed by atoms with Gasteiger partial charge >= 0.3 is 17.9 Å². The molecule has 4 bridgehead atoms. The van der Waals surface area contributed by atoms with E-state index in [9.17, 15) is 39.6 Å². The number of benzene rings is 4. The predicted octanol–water partition coefficient (Wildman–Crippen LogP) is 7.88. The largest absolute Gasteiger partial charge is 0.482 e. The summed E-state index contributed by atoms with van der Waals surface area (Å²) in [6.07, 6.45) is 2.65. The summed E-state index contributed by atoms with van der Waals surface area (Å²) in [5, 5.41) is 47.4. The number of Topliss-reactive ketones (excluding diaryl/α,β-unsaturated/α-hetero) is 2. The first-order valence-corrected chi connectivity index (χ1v) is 31.0. The highest BCUT2D eigenvalue weighted by molar-refractivity contribution is 6.11. The molecule has 91 heavy (non-hydrogen) atoms. The Labute approximate surface area is 529 Å². The Balaban J connectivity index is 1.09. The van der Waals surface area contributed by atoms with E-state index in [1.54, 1.807) is 26.0 Å². The van der Waals surface area contributed by atoms with Crippen LogP contribution in [0.3, 0.4) is 0 Å². The van der Waals surface area contributed by atoms with E-state index in [4.69, 9.17) is 37.9 Å². The second kappa shape index (κ2) is 26.4. The average molecular weight is 1250 g/mol. The van der Waals surface area contributed by atoms with Gasteiger partial charge in [-0.05, 0) is 142 Å². The minimum atomic E-state index is -1.99. The number of aliphatic hydroxyl groups excluding tert-OH is 4. The molecule has 3 aliphatic carbocycles. The maximum atomic E-state index is 17.0. The Bertz CT molecular complexity index is 3570. The van der Waals surface area contributed by atoms with Gasteiger partial charge in [-0.25, -0.2) is 9.59 Å². The van der Waals surface area contributed by atoms with Crippen molar-refractivity contribution >= 4 is 41.5 Å². The van der Waals surface area contributed by atoms with E-state index in [2.05, 4.69) is 16.7 Å². The van der Waals surface area contributed by atoms with Gasteiger partial charge in [0.25, 0.3) is 0 Å². The molecule has 4 heterocycles. The molecular weight excluding hydrogens is 1170 g/mol. The van der Waals surface area contributed by atoms with Gasteiger partial charge in [-0.1, -0.05) is 90.0 Å². The monoisotopic (exact) mass is 1250 g/mol. The molecule has 484 valence electrons. The predicted molar refractivity (Wildman–Crippen MR) is 333 cm³/mol. The van der Waals surface area contributed by atoms with Crippen LogP contribution in [0.15, 0.2) is 126 Å². The summed E-state index contributed by atoms with van der Waals surface area (Å²) in [6.45, 7) is 17.4. The van der Waals surface area contributed by atoms with Crippen molar-refractivity contribution in [1.29, 1.82) is 0 Å². The van der Waals surface area contributed by atoms with E-state index in [1.165, 1.54) is 31.2 Å². The van der Waals surface area contributed by atoms with Gasteiger partial charge in [-0.15, -0.1) is 0 Å². The number of ketones is 2. The number of amides is 1. The number of hydrogen-bond acceptors (Lipinski definition) is 19. The molecule has 4 aromatic rings. The molecule has 7 aliphatic rings. The van der Waals surface area contributed by atoms with Crippen LogP contribution in [0.5, 0.6) is 23.0 Å². The molecule has 4 aromatic carbocycles. The van der Waals surface area contributed by atoms with Gasteiger partial charge in [-0.3, -0.25) is 19.2 Å². The molecule has 3 saturated carbocycles. The zero-order chi connectivity index (χ0) is 65.5. The molecule has 1 spiro atoms. The molecule has 1 amide bonds. The van der Waals surface area contributed by atoms with Crippen molar-refractivity contribution in [2.75, 3.05) is 6.61 Å². The maximum absolute atomic E-state index is 17.0. The molecule has 5 fully saturated rings. The topological polar surface area (TPSA) is 281 Å². The average Bonchev–Trinajstić information content (AvgIpc) is 1.55. The zero-order valence-electron chi connectivity index (χ0n) is 53.0. The Morgan fingerprint density at radius 2 is 1.38 bits per heavy atom. The molecule has 0 aromatic heterocycles. The van der Waals surface area contributed by atoms with E-state index in [-0.39, 0.29) is 77.7 Å². The number of carbonyl (C=O) groups excluding carboxylic acids is 6. The second-order valence-corrected chi connectivity index (χ2v) is 26.0. The van der Waals surface area contributed by atoms with Gasteiger partial charge in [0.2, 0.25) is 12.2 Å². The molecule has 11 rings (SSSR count). The highest BCUT2D eigenvalue weighted by atomic mass is 16.7. The molecule has 4 aliphatic heterocycles. The molecule has 20 nitrogen and oxygen atoms in total.